The molecule has 1 saturated carbocycles. The molecule has 0 radical (unpaired) electrons. The third kappa shape index (κ3) is 2.86. The summed E-state index contributed by atoms with van der Waals surface area (Å²) in [5, 5.41) is 2.50. The van der Waals surface area contributed by atoms with Crippen LogP contribution in [0.2, 0.25) is 0 Å². The second kappa shape index (κ2) is 5.31. The lowest BCUT2D eigenvalue weighted by molar-refractivity contribution is -0.122. The minimum Gasteiger partial charge on any atom is -0.351 e. The predicted molar refractivity (Wildman–Crippen MR) is 74.6 cm³/mol. The lowest BCUT2D eigenvalue weighted by Crippen LogP contribution is -2.42. The molecule has 98 valence electrons. The molecule has 2 unspecified atom stereocenters. The zero-order valence-corrected chi connectivity index (χ0v) is 11.7. The lowest BCUT2D eigenvalue weighted by Gasteiger charge is -2.28. The molecule has 0 aliphatic heterocycles. The van der Waals surface area contributed by atoms with Crippen LogP contribution in [-0.2, 0) is 4.79 Å². The topological polar surface area (TPSA) is 29.1 Å². The summed E-state index contributed by atoms with van der Waals surface area (Å²) in [5.74, 6) is -0.0807. The number of benzene rings is 1. The summed E-state index contributed by atoms with van der Waals surface area (Å²) < 4.78 is 0. The normalized spacial score (nSPS) is 23.6. The van der Waals surface area contributed by atoms with E-state index in [2.05, 4.69) is 19.2 Å². The first-order valence-corrected chi connectivity index (χ1v) is 6.94. The van der Waals surface area contributed by atoms with Crippen LogP contribution in [0.1, 0.15) is 44.1 Å². The molecule has 2 nitrogen and oxygen atoms in total. The molecule has 1 aliphatic carbocycles. The number of hydrogen-bond donors (Lipinski definition) is 1. The molecule has 2 atom stereocenters. The highest BCUT2D eigenvalue weighted by atomic mass is 35.5. The van der Waals surface area contributed by atoms with Gasteiger partial charge >= 0.3 is 0 Å². The monoisotopic (exact) mass is 265 g/mol. The summed E-state index contributed by atoms with van der Waals surface area (Å²) in [6.45, 7) is 4.41. The quantitative estimate of drug-likeness (QED) is 0.831. The predicted octanol–water partition coefficient (Wildman–Crippen LogP) is 3.66. The van der Waals surface area contributed by atoms with Gasteiger partial charge in [0.25, 0.3) is 0 Å². The first kappa shape index (κ1) is 13.4. The van der Waals surface area contributed by atoms with Crippen molar-refractivity contribution in [3.05, 3.63) is 35.9 Å². The molecule has 0 saturated heterocycles. The summed E-state index contributed by atoms with van der Waals surface area (Å²) in [6.07, 6.45) is 3.39. The van der Waals surface area contributed by atoms with Crippen LogP contribution in [0, 0.1) is 5.41 Å². The number of nitrogens with one attached hydrogen (secondary N) is 1. The van der Waals surface area contributed by atoms with Gasteiger partial charge in [0.15, 0.2) is 0 Å². The molecule has 1 aromatic rings. The summed E-state index contributed by atoms with van der Waals surface area (Å²) in [6, 6.07) is 9.74. The second-order valence-corrected chi connectivity index (χ2v) is 6.15. The van der Waals surface area contributed by atoms with Crippen molar-refractivity contribution in [2.45, 2.75) is 44.5 Å². The average Bonchev–Trinajstić information content (AvgIpc) is 2.69. The van der Waals surface area contributed by atoms with Gasteiger partial charge in [-0.1, -0.05) is 50.6 Å². The van der Waals surface area contributed by atoms with Gasteiger partial charge in [-0.15, -0.1) is 11.6 Å². The van der Waals surface area contributed by atoms with Crippen LogP contribution in [0.15, 0.2) is 30.3 Å². The van der Waals surface area contributed by atoms with Crippen molar-refractivity contribution in [3.8, 4) is 0 Å². The Hall–Kier alpha value is -1.02. The van der Waals surface area contributed by atoms with E-state index in [0.29, 0.717) is 0 Å². The van der Waals surface area contributed by atoms with Gasteiger partial charge in [0.2, 0.25) is 5.91 Å². The molecule has 1 amide bonds. The van der Waals surface area contributed by atoms with Gasteiger partial charge in [-0.25, -0.2) is 0 Å². The van der Waals surface area contributed by atoms with Crippen molar-refractivity contribution >= 4 is 17.5 Å². The van der Waals surface area contributed by atoms with Gasteiger partial charge in [-0.3, -0.25) is 4.79 Å². The standard InChI is InChI=1S/C15H20ClNO/c1-15(2)10-6-9-12(15)17-14(18)13(16)11-7-4-3-5-8-11/h3-5,7-8,12-13H,6,9-10H2,1-2H3,(H,17,18). The fourth-order valence-electron chi connectivity index (χ4n) is 2.61. The van der Waals surface area contributed by atoms with Crippen molar-refractivity contribution in [2.75, 3.05) is 0 Å². The molecule has 18 heavy (non-hydrogen) atoms. The molecule has 1 N–H and O–H groups in total. The minimum atomic E-state index is -0.595. The van der Waals surface area contributed by atoms with Crippen LogP contribution in [0.5, 0.6) is 0 Å². The highest BCUT2D eigenvalue weighted by molar-refractivity contribution is 6.30. The number of rotatable bonds is 3. The number of carbonyl (C=O) groups is 1. The Morgan fingerprint density at radius 3 is 2.61 bits per heavy atom. The fraction of sp³-hybridized carbons (Fsp3) is 0.533. The molecular weight excluding hydrogens is 246 g/mol. The molecule has 0 heterocycles. The maximum Gasteiger partial charge on any atom is 0.242 e. The van der Waals surface area contributed by atoms with Crippen LogP contribution < -0.4 is 5.32 Å². The minimum absolute atomic E-state index is 0.0807. The zero-order valence-electron chi connectivity index (χ0n) is 10.9. The van der Waals surface area contributed by atoms with Gasteiger partial charge in [0.05, 0.1) is 0 Å². The van der Waals surface area contributed by atoms with Crippen LogP contribution >= 0.6 is 11.6 Å². The summed E-state index contributed by atoms with van der Waals surface area (Å²) >= 11 is 6.22. The van der Waals surface area contributed by atoms with E-state index in [-0.39, 0.29) is 17.4 Å². The van der Waals surface area contributed by atoms with Gasteiger partial charge in [0, 0.05) is 6.04 Å². The maximum atomic E-state index is 12.1. The van der Waals surface area contributed by atoms with E-state index < -0.39 is 5.38 Å². The molecule has 1 aromatic carbocycles. The van der Waals surface area contributed by atoms with Gasteiger partial charge in [-0.2, -0.15) is 0 Å². The van der Waals surface area contributed by atoms with Crippen molar-refractivity contribution in [1.82, 2.24) is 5.32 Å². The Kier molecular flexibility index (Phi) is 3.96. The first-order valence-electron chi connectivity index (χ1n) is 6.50. The van der Waals surface area contributed by atoms with Gasteiger partial charge in [-0.05, 0) is 23.8 Å². The van der Waals surface area contributed by atoms with Crippen molar-refractivity contribution in [2.24, 2.45) is 5.41 Å². The molecule has 1 fully saturated rings. The van der Waals surface area contributed by atoms with E-state index in [9.17, 15) is 4.79 Å². The van der Waals surface area contributed by atoms with Crippen molar-refractivity contribution in [3.63, 3.8) is 0 Å². The lowest BCUT2D eigenvalue weighted by atomic mass is 9.87. The van der Waals surface area contributed by atoms with Crippen LogP contribution in [0.4, 0.5) is 0 Å². The number of carbonyl (C=O) groups excluding carboxylic acids is 1. The molecule has 0 spiro atoms. The molecule has 3 heteroatoms. The second-order valence-electron chi connectivity index (χ2n) is 5.72. The van der Waals surface area contributed by atoms with E-state index in [1.807, 2.05) is 30.3 Å². The molecule has 0 bridgehead atoms. The fourth-order valence-corrected chi connectivity index (χ4v) is 2.82. The first-order chi connectivity index (χ1) is 8.50. The maximum absolute atomic E-state index is 12.1. The number of amides is 1. The van der Waals surface area contributed by atoms with E-state index in [1.165, 1.54) is 6.42 Å². The van der Waals surface area contributed by atoms with E-state index >= 15 is 0 Å². The van der Waals surface area contributed by atoms with Crippen LogP contribution in [0.3, 0.4) is 0 Å². The van der Waals surface area contributed by atoms with E-state index in [1.54, 1.807) is 0 Å². The molecule has 2 rings (SSSR count). The summed E-state index contributed by atoms with van der Waals surface area (Å²) in [4.78, 5) is 12.1. The Balaban J connectivity index is 2.00. The Morgan fingerprint density at radius 2 is 2.06 bits per heavy atom. The summed E-state index contributed by atoms with van der Waals surface area (Å²) in [5.41, 5.74) is 1.04. The highest BCUT2D eigenvalue weighted by Gasteiger charge is 2.36. The van der Waals surface area contributed by atoms with Crippen molar-refractivity contribution < 1.29 is 4.79 Å². The third-order valence-corrected chi connectivity index (χ3v) is 4.35. The van der Waals surface area contributed by atoms with Crippen molar-refractivity contribution in [1.29, 1.82) is 0 Å². The Morgan fingerprint density at radius 1 is 1.39 bits per heavy atom. The van der Waals surface area contributed by atoms with E-state index in [4.69, 9.17) is 11.6 Å². The van der Waals surface area contributed by atoms with Gasteiger partial charge < -0.3 is 5.32 Å². The largest absolute Gasteiger partial charge is 0.351 e. The van der Waals surface area contributed by atoms with Gasteiger partial charge in [0.1, 0.15) is 5.38 Å². The number of halogens is 1. The summed E-state index contributed by atoms with van der Waals surface area (Å²) in [7, 11) is 0. The molecule has 0 aromatic heterocycles. The third-order valence-electron chi connectivity index (χ3n) is 3.90. The van der Waals surface area contributed by atoms with Crippen LogP contribution in [0.25, 0.3) is 0 Å². The Labute approximate surface area is 114 Å². The highest BCUT2D eigenvalue weighted by Crippen LogP contribution is 2.37. The smallest absolute Gasteiger partial charge is 0.242 e. The Bertz CT molecular complexity index is 416. The van der Waals surface area contributed by atoms with Crippen LogP contribution in [-0.4, -0.2) is 11.9 Å². The van der Waals surface area contributed by atoms with E-state index in [0.717, 1.165) is 18.4 Å². The molecular formula is C15H20ClNO. The number of hydrogen-bond acceptors (Lipinski definition) is 1. The SMILES string of the molecule is CC1(C)CCCC1NC(=O)C(Cl)c1ccccc1. The number of alkyl halides is 1. The average molecular weight is 266 g/mol. The molecule has 1 aliphatic rings. The zero-order chi connectivity index (χ0) is 13.2.